The van der Waals surface area contributed by atoms with Gasteiger partial charge in [0.25, 0.3) is 0 Å². The van der Waals surface area contributed by atoms with Crippen LogP contribution >= 0.6 is 15.9 Å². The number of halogens is 1. The van der Waals surface area contributed by atoms with Gasteiger partial charge in [0.2, 0.25) is 5.91 Å². The van der Waals surface area contributed by atoms with Gasteiger partial charge in [0.1, 0.15) is 6.04 Å². The summed E-state index contributed by atoms with van der Waals surface area (Å²) < 4.78 is 0.903. The van der Waals surface area contributed by atoms with E-state index >= 15 is 0 Å². The van der Waals surface area contributed by atoms with Crippen molar-refractivity contribution in [1.82, 2.24) is 5.32 Å². The number of urea groups is 1. The Hall–Kier alpha value is -1.56. The minimum atomic E-state index is -0.854. The highest BCUT2D eigenvalue weighted by molar-refractivity contribution is 9.10. The van der Waals surface area contributed by atoms with E-state index in [1.54, 1.807) is 6.92 Å². The Bertz CT molecular complexity index is 409. The van der Waals surface area contributed by atoms with Crippen LogP contribution in [0.2, 0.25) is 0 Å². The molecule has 1 atom stereocenters. The highest BCUT2D eigenvalue weighted by atomic mass is 79.9. The molecule has 0 saturated carbocycles. The third-order valence-electron chi connectivity index (χ3n) is 1.85. The molecule has 0 fully saturated rings. The predicted octanol–water partition coefficient (Wildman–Crippen LogP) is 1.44. The minimum absolute atomic E-state index is 0.465. The van der Waals surface area contributed by atoms with Crippen molar-refractivity contribution in [3.05, 3.63) is 28.7 Å². The van der Waals surface area contributed by atoms with E-state index < -0.39 is 18.0 Å². The molecular formula is C10H12BrN3O2. The number of carbonyl (C=O) groups is 2. The Morgan fingerprint density at radius 3 is 2.69 bits per heavy atom. The van der Waals surface area contributed by atoms with Gasteiger partial charge < -0.3 is 11.1 Å². The number of amides is 3. The fraction of sp³-hybridized carbons (Fsp3) is 0.200. The Kier molecular flexibility index (Phi) is 4.30. The zero-order valence-electron chi connectivity index (χ0n) is 8.66. The van der Waals surface area contributed by atoms with Crippen LogP contribution in [0, 0.1) is 0 Å². The molecular weight excluding hydrogens is 274 g/mol. The van der Waals surface area contributed by atoms with E-state index in [4.69, 9.17) is 5.73 Å². The third-order valence-corrected chi connectivity index (χ3v) is 2.34. The second-order valence-corrected chi connectivity index (χ2v) is 4.15. The lowest BCUT2D eigenvalue weighted by atomic mass is 10.2. The van der Waals surface area contributed by atoms with Crippen LogP contribution in [-0.2, 0) is 4.79 Å². The molecule has 4 N–H and O–H groups in total. The van der Waals surface area contributed by atoms with Crippen LogP contribution in [0.25, 0.3) is 0 Å². The number of nitrogens with one attached hydrogen (secondary N) is 2. The van der Waals surface area contributed by atoms with Crippen molar-refractivity contribution < 1.29 is 9.59 Å². The van der Waals surface area contributed by atoms with Crippen molar-refractivity contribution >= 4 is 33.6 Å². The summed E-state index contributed by atoms with van der Waals surface area (Å²) in [5.41, 5.74) is 5.62. The van der Waals surface area contributed by atoms with Gasteiger partial charge in [0.15, 0.2) is 0 Å². The van der Waals surface area contributed by atoms with Crippen LogP contribution in [0.1, 0.15) is 6.92 Å². The summed E-state index contributed by atoms with van der Waals surface area (Å²) in [7, 11) is 0. The maximum atomic E-state index is 11.4. The second kappa shape index (κ2) is 5.50. The average molecular weight is 286 g/mol. The molecule has 1 rings (SSSR count). The van der Waals surface area contributed by atoms with E-state index in [0.717, 1.165) is 10.2 Å². The number of hydrogen-bond donors (Lipinski definition) is 3. The van der Waals surface area contributed by atoms with Gasteiger partial charge in [-0.15, -0.1) is 0 Å². The molecule has 6 heteroatoms. The van der Waals surface area contributed by atoms with Crippen molar-refractivity contribution in [2.45, 2.75) is 13.0 Å². The van der Waals surface area contributed by atoms with Gasteiger partial charge in [-0.1, -0.05) is 22.0 Å². The fourth-order valence-corrected chi connectivity index (χ4v) is 1.52. The monoisotopic (exact) mass is 285 g/mol. The van der Waals surface area contributed by atoms with Gasteiger partial charge in [-0.2, -0.15) is 0 Å². The van der Waals surface area contributed by atoms with Crippen molar-refractivity contribution in [1.29, 1.82) is 0 Å². The first-order valence-corrected chi connectivity index (χ1v) is 5.40. The summed E-state index contributed by atoms with van der Waals surface area (Å²) in [6.07, 6.45) is 0. The van der Waals surface area contributed by atoms with Crippen LogP contribution < -0.4 is 16.4 Å². The van der Waals surface area contributed by atoms with Gasteiger partial charge in [0.05, 0.1) is 0 Å². The normalized spacial score (nSPS) is 11.6. The van der Waals surface area contributed by atoms with E-state index in [2.05, 4.69) is 21.2 Å². The quantitative estimate of drug-likeness (QED) is 0.786. The van der Waals surface area contributed by atoms with Crippen LogP contribution in [0.3, 0.4) is 0 Å². The molecule has 0 bridgehead atoms. The Balaban J connectivity index is 2.60. The first-order chi connectivity index (χ1) is 7.49. The van der Waals surface area contributed by atoms with Gasteiger partial charge in [0, 0.05) is 10.2 Å². The van der Waals surface area contributed by atoms with Crippen molar-refractivity contribution in [3.63, 3.8) is 0 Å². The summed E-state index contributed by atoms with van der Waals surface area (Å²) >= 11 is 3.31. The Morgan fingerprint density at radius 2 is 2.12 bits per heavy atom. The molecule has 0 saturated heterocycles. The van der Waals surface area contributed by atoms with E-state index in [0.29, 0.717) is 0 Å². The van der Waals surface area contributed by atoms with E-state index in [1.165, 1.54) is 0 Å². The predicted molar refractivity (Wildman–Crippen MR) is 65.0 cm³/mol. The van der Waals surface area contributed by atoms with E-state index in [9.17, 15) is 9.59 Å². The molecule has 86 valence electrons. The second-order valence-electron chi connectivity index (χ2n) is 3.23. The van der Waals surface area contributed by atoms with E-state index in [1.807, 2.05) is 29.6 Å². The standard InChI is InChI=1S/C10H12BrN3O2/c1-6(9(15)14-10(12)16)13-8-4-2-3-7(11)5-8/h2-6,13H,1H3,(H3,12,14,15,16). The maximum absolute atomic E-state index is 11.4. The molecule has 0 aliphatic carbocycles. The van der Waals surface area contributed by atoms with Crippen LogP contribution in [0.4, 0.5) is 10.5 Å². The topological polar surface area (TPSA) is 84.2 Å². The number of rotatable bonds is 3. The third kappa shape index (κ3) is 3.90. The van der Waals surface area contributed by atoms with Gasteiger partial charge in [-0.05, 0) is 25.1 Å². The SMILES string of the molecule is CC(Nc1cccc(Br)c1)C(=O)NC(N)=O. The molecule has 0 aliphatic heterocycles. The lowest BCUT2D eigenvalue weighted by molar-refractivity contribution is -0.120. The number of imide groups is 1. The van der Waals surface area contributed by atoms with Crippen LogP contribution in [0.5, 0.6) is 0 Å². The first kappa shape index (κ1) is 12.5. The summed E-state index contributed by atoms with van der Waals surface area (Å²) in [6.45, 7) is 1.64. The molecule has 1 unspecified atom stereocenters. The van der Waals surface area contributed by atoms with Crippen LogP contribution in [-0.4, -0.2) is 18.0 Å². The number of nitrogens with two attached hydrogens (primary N) is 1. The smallest absolute Gasteiger partial charge is 0.318 e. The lowest BCUT2D eigenvalue weighted by Crippen LogP contribution is -2.43. The van der Waals surface area contributed by atoms with Crippen molar-refractivity contribution in [2.24, 2.45) is 5.73 Å². The zero-order valence-corrected chi connectivity index (χ0v) is 10.2. The molecule has 1 aromatic carbocycles. The summed E-state index contributed by atoms with van der Waals surface area (Å²) in [6, 6.07) is 5.96. The first-order valence-electron chi connectivity index (χ1n) is 4.61. The van der Waals surface area contributed by atoms with Crippen LogP contribution in [0.15, 0.2) is 28.7 Å². The molecule has 3 amide bonds. The molecule has 1 aromatic rings. The average Bonchev–Trinajstić information content (AvgIpc) is 2.16. The highest BCUT2D eigenvalue weighted by Crippen LogP contribution is 2.16. The molecule has 5 nitrogen and oxygen atoms in total. The largest absolute Gasteiger partial charge is 0.374 e. The molecule has 0 aliphatic rings. The summed E-state index contributed by atoms with van der Waals surface area (Å²) in [5.74, 6) is -0.465. The summed E-state index contributed by atoms with van der Waals surface area (Å²) in [5, 5.41) is 4.94. The number of carbonyl (C=O) groups excluding carboxylic acids is 2. The van der Waals surface area contributed by atoms with Gasteiger partial charge in [-0.25, -0.2) is 4.79 Å². The number of hydrogen-bond acceptors (Lipinski definition) is 3. The lowest BCUT2D eigenvalue weighted by Gasteiger charge is -2.13. The molecule has 0 spiro atoms. The Labute approximate surface area is 102 Å². The summed E-state index contributed by atoms with van der Waals surface area (Å²) in [4.78, 5) is 21.8. The van der Waals surface area contributed by atoms with Crippen molar-refractivity contribution in [2.75, 3.05) is 5.32 Å². The highest BCUT2D eigenvalue weighted by Gasteiger charge is 2.13. The molecule has 0 aromatic heterocycles. The number of benzene rings is 1. The molecule has 0 heterocycles. The zero-order chi connectivity index (χ0) is 12.1. The molecule has 16 heavy (non-hydrogen) atoms. The van der Waals surface area contributed by atoms with Gasteiger partial charge in [-0.3, -0.25) is 10.1 Å². The Morgan fingerprint density at radius 1 is 1.44 bits per heavy atom. The molecule has 0 radical (unpaired) electrons. The number of primary amides is 1. The minimum Gasteiger partial charge on any atom is -0.374 e. The maximum Gasteiger partial charge on any atom is 0.318 e. The van der Waals surface area contributed by atoms with Crippen molar-refractivity contribution in [3.8, 4) is 0 Å². The number of anilines is 1. The van der Waals surface area contributed by atoms with E-state index in [-0.39, 0.29) is 0 Å². The fourth-order valence-electron chi connectivity index (χ4n) is 1.12. The van der Waals surface area contributed by atoms with Gasteiger partial charge >= 0.3 is 6.03 Å².